The minimum Gasteiger partial charge on any atom is -0.325 e. The van der Waals surface area contributed by atoms with Crippen LogP contribution in [0.5, 0.6) is 0 Å². The third kappa shape index (κ3) is 2.98. The summed E-state index contributed by atoms with van der Waals surface area (Å²) in [5.74, 6) is -0.0962. The molecule has 6 nitrogen and oxygen atoms in total. The first-order valence-corrected chi connectivity index (χ1v) is 9.36. The molecule has 3 heterocycles. The number of thiazole rings is 1. The predicted octanol–water partition coefficient (Wildman–Crippen LogP) is 4.05. The number of imidazole rings is 2. The smallest absolute Gasteiger partial charge is 0.244 e. The number of fused-ring (bicyclic) bond motifs is 2. The van der Waals surface area contributed by atoms with Crippen LogP contribution in [-0.4, -0.2) is 24.8 Å². The summed E-state index contributed by atoms with van der Waals surface area (Å²) < 4.78 is 3.84. The Morgan fingerprint density at radius 3 is 3.00 bits per heavy atom. The number of anilines is 1. The van der Waals surface area contributed by atoms with Crippen LogP contribution in [0.3, 0.4) is 0 Å². The molecule has 0 bridgehead atoms. The van der Waals surface area contributed by atoms with Gasteiger partial charge in [-0.25, -0.2) is 9.97 Å². The van der Waals surface area contributed by atoms with Crippen LogP contribution < -0.4 is 5.32 Å². The molecule has 5 aromatic rings. The molecule has 2 aromatic carbocycles. The van der Waals surface area contributed by atoms with Gasteiger partial charge in [0.05, 0.1) is 23.1 Å². The zero-order valence-electron chi connectivity index (χ0n) is 14.2. The summed E-state index contributed by atoms with van der Waals surface area (Å²) in [6.07, 6.45) is 5.67. The van der Waals surface area contributed by atoms with Gasteiger partial charge < -0.3 is 9.88 Å². The zero-order chi connectivity index (χ0) is 18.2. The monoisotopic (exact) mass is 373 g/mol. The maximum atomic E-state index is 12.5. The molecule has 0 aliphatic heterocycles. The standard InChI is InChI=1S/C20H15N5OS/c26-19(12-25-13-21-16-6-1-2-7-18(16)25)22-15-5-3-4-14(10-15)17-11-24-8-9-27-20(24)23-17/h1-11,13H,12H2,(H,22,26). The van der Waals surface area contributed by atoms with Crippen molar-refractivity contribution >= 4 is 38.9 Å². The van der Waals surface area contributed by atoms with Gasteiger partial charge in [0.1, 0.15) is 6.54 Å². The van der Waals surface area contributed by atoms with Crippen molar-refractivity contribution in [1.82, 2.24) is 18.9 Å². The normalized spacial score (nSPS) is 11.3. The highest BCUT2D eigenvalue weighted by atomic mass is 32.1. The SMILES string of the molecule is O=C(Cn1cnc2ccccc21)Nc1cccc(-c2cn3ccsc3n2)c1. The van der Waals surface area contributed by atoms with Crippen LogP contribution in [0.25, 0.3) is 27.3 Å². The van der Waals surface area contributed by atoms with Gasteiger partial charge in [-0.1, -0.05) is 24.3 Å². The maximum absolute atomic E-state index is 12.5. The molecule has 0 aliphatic rings. The van der Waals surface area contributed by atoms with Crippen molar-refractivity contribution in [3.63, 3.8) is 0 Å². The second-order valence-corrected chi connectivity index (χ2v) is 7.08. The van der Waals surface area contributed by atoms with Crippen molar-refractivity contribution in [2.45, 2.75) is 6.54 Å². The molecule has 0 atom stereocenters. The van der Waals surface area contributed by atoms with Crippen molar-refractivity contribution in [2.75, 3.05) is 5.32 Å². The number of para-hydroxylation sites is 2. The Hall–Kier alpha value is -3.45. The Bertz CT molecular complexity index is 1240. The average molecular weight is 373 g/mol. The molecule has 1 amide bonds. The molecule has 0 spiro atoms. The van der Waals surface area contributed by atoms with E-state index in [9.17, 15) is 4.79 Å². The molecule has 5 rings (SSSR count). The van der Waals surface area contributed by atoms with E-state index in [-0.39, 0.29) is 12.5 Å². The Morgan fingerprint density at radius 2 is 2.07 bits per heavy atom. The number of nitrogens with one attached hydrogen (secondary N) is 1. The first-order chi connectivity index (χ1) is 13.3. The second-order valence-electron chi connectivity index (χ2n) is 6.21. The molecule has 0 aliphatic carbocycles. The number of carbonyl (C=O) groups excluding carboxylic acids is 1. The van der Waals surface area contributed by atoms with Crippen LogP contribution in [0, 0.1) is 0 Å². The number of benzene rings is 2. The van der Waals surface area contributed by atoms with Gasteiger partial charge in [0, 0.05) is 29.0 Å². The molecule has 3 aromatic heterocycles. The highest BCUT2D eigenvalue weighted by molar-refractivity contribution is 7.15. The molecule has 0 unspecified atom stereocenters. The third-order valence-electron chi connectivity index (χ3n) is 4.38. The van der Waals surface area contributed by atoms with Crippen molar-refractivity contribution in [2.24, 2.45) is 0 Å². The van der Waals surface area contributed by atoms with Crippen LogP contribution in [-0.2, 0) is 11.3 Å². The summed E-state index contributed by atoms with van der Waals surface area (Å²) in [4.78, 5) is 22.4. The minimum atomic E-state index is -0.0962. The van der Waals surface area contributed by atoms with Gasteiger partial charge in [-0.3, -0.25) is 9.20 Å². The fourth-order valence-electron chi connectivity index (χ4n) is 3.11. The Labute approximate surface area is 158 Å². The van der Waals surface area contributed by atoms with E-state index in [1.54, 1.807) is 17.7 Å². The molecule has 1 N–H and O–H groups in total. The van der Waals surface area contributed by atoms with E-state index < -0.39 is 0 Å². The molecular weight excluding hydrogens is 358 g/mol. The number of amides is 1. The van der Waals surface area contributed by atoms with Crippen molar-refractivity contribution in [1.29, 1.82) is 0 Å². The molecule has 0 saturated heterocycles. The first kappa shape index (κ1) is 15.8. The largest absolute Gasteiger partial charge is 0.325 e. The average Bonchev–Trinajstić information content (AvgIpc) is 3.37. The minimum absolute atomic E-state index is 0.0962. The van der Waals surface area contributed by atoms with Gasteiger partial charge in [-0.15, -0.1) is 11.3 Å². The van der Waals surface area contributed by atoms with Crippen LogP contribution in [0.2, 0.25) is 0 Å². The quantitative estimate of drug-likeness (QED) is 0.517. The molecule has 7 heteroatoms. The second kappa shape index (κ2) is 6.37. The number of aromatic nitrogens is 4. The third-order valence-corrected chi connectivity index (χ3v) is 5.15. The van der Waals surface area contributed by atoms with Crippen molar-refractivity contribution in [3.8, 4) is 11.3 Å². The van der Waals surface area contributed by atoms with Gasteiger partial charge in [0.2, 0.25) is 5.91 Å². The van der Waals surface area contributed by atoms with Crippen LogP contribution >= 0.6 is 11.3 Å². The summed E-state index contributed by atoms with van der Waals surface area (Å²) in [6, 6.07) is 15.5. The van der Waals surface area contributed by atoms with Gasteiger partial charge in [-0.2, -0.15) is 0 Å². The summed E-state index contributed by atoms with van der Waals surface area (Å²) >= 11 is 1.59. The highest BCUT2D eigenvalue weighted by Crippen LogP contribution is 2.24. The Morgan fingerprint density at radius 1 is 1.15 bits per heavy atom. The number of hydrogen-bond donors (Lipinski definition) is 1. The molecule has 0 radical (unpaired) electrons. The molecule has 132 valence electrons. The van der Waals surface area contributed by atoms with E-state index in [1.807, 2.05) is 75.3 Å². The lowest BCUT2D eigenvalue weighted by atomic mass is 10.1. The fraction of sp³-hybridized carbons (Fsp3) is 0.0500. The molecule has 0 saturated carbocycles. The first-order valence-electron chi connectivity index (χ1n) is 8.49. The summed E-state index contributed by atoms with van der Waals surface area (Å²) in [6.45, 7) is 0.213. The van der Waals surface area contributed by atoms with E-state index >= 15 is 0 Å². The summed E-state index contributed by atoms with van der Waals surface area (Å²) in [7, 11) is 0. The van der Waals surface area contributed by atoms with Gasteiger partial charge in [-0.05, 0) is 24.3 Å². The molecule has 0 fully saturated rings. The van der Waals surface area contributed by atoms with E-state index in [2.05, 4.69) is 15.3 Å². The number of nitrogens with zero attached hydrogens (tertiary/aromatic N) is 4. The number of hydrogen-bond acceptors (Lipinski definition) is 4. The molecular formula is C20H15N5OS. The van der Waals surface area contributed by atoms with Gasteiger partial charge >= 0.3 is 0 Å². The maximum Gasteiger partial charge on any atom is 0.244 e. The van der Waals surface area contributed by atoms with Crippen molar-refractivity contribution < 1.29 is 4.79 Å². The van der Waals surface area contributed by atoms with Crippen LogP contribution in [0.1, 0.15) is 0 Å². The fourth-order valence-corrected chi connectivity index (χ4v) is 3.81. The van der Waals surface area contributed by atoms with E-state index in [0.29, 0.717) is 0 Å². The number of carbonyl (C=O) groups is 1. The predicted molar refractivity (Wildman–Crippen MR) is 107 cm³/mol. The summed E-state index contributed by atoms with van der Waals surface area (Å²) in [5, 5.41) is 4.97. The van der Waals surface area contributed by atoms with Crippen molar-refractivity contribution in [3.05, 3.63) is 72.6 Å². The lowest BCUT2D eigenvalue weighted by Gasteiger charge is -2.08. The summed E-state index contributed by atoms with van der Waals surface area (Å²) in [5.41, 5.74) is 4.43. The topological polar surface area (TPSA) is 64.2 Å². The van der Waals surface area contributed by atoms with E-state index in [1.165, 1.54) is 0 Å². The number of rotatable bonds is 4. The Kier molecular flexibility index (Phi) is 3.72. The lowest BCUT2D eigenvalue weighted by Crippen LogP contribution is -2.18. The van der Waals surface area contributed by atoms with Crippen LogP contribution in [0.15, 0.2) is 72.6 Å². The van der Waals surface area contributed by atoms with Gasteiger partial charge in [0.25, 0.3) is 0 Å². The zero-order valence-corrected chi connectivity index (χ0v) is 15.1. The van der Waals surface area contributed by atoms with E-state index in [4.69, 9.17) is 0 Å². The highest BCUT2D eigenvalue weighted by Gasteiger charge is 2.09. The Balaban J connectivity index is 1.36. The van der Waals surface area contributed by atoms with Crippen LogP contribution in [0.4, 0.5) is 5.69 Å². The van der Waals surface area contributed by atoms with Gasteiger partial charge in [0.15, 0.2) is 4.96 Å². The van der Waals surface area contributed by atoms with E-state index in [0.717, 1.165) is 32.9 Å². The lowest BCUT2D eigenvalue weighted by molar-refractivity contribution is -0.116. The molecule has 27 heavy (non-hydrogen) atoms.